The molecule has 0 N–H and O–H groups in total. The first kappa shape index (κ1) is 11.8. The highest BCUT2D eigenvalue weighted by atomic mass is 16.5. The average Bonchev–Trinajstić information content (AvgIpc) is 2.39. The van der Waals surface area contributed by atoms with Crippen molar-refractivity contribution in [2.24, 2.45) is 5.92 Å². The fourth-order valence-electron chi connectivity index (χ4n) is 2.35. The Labute approximate surface area is 103 Å². The number of methoxy groups -OCH3 is 1. The van der Waals surface area contributed by atoms with Gasteiger partial charge in [0.1, 0.15) is 5.75 Å². The number of piperidine rings is 1. The van der Waals surface area contributed by atoms with E-state index in [1.165, 1.54) is 5.56 Å². The van der Waals surface area contributed by atoms with Crippen molar-refractivity contribution in [3.63, 3.8) is 0 Å². The molecule has 1 aromatic carbocycles. The Morgan fingerprint density at radius 1 is 1.47 bits per heavy atom. The Hall–Kier alpha value is -1.69. The summed E-state index contributed by atoms with van der Waals surface area (Å²) in [5.74, 6) is 1.04. The van der Waals surface area contributed by atoms with Crippen LogP contribution in [0, 0.1) is 24.2 Å². The average molecular weight is 230 g/mol. The summed E-state index contributed by atoms with van der Waals surface area (Å²) in [6.45, 7) is 3.91. The second-order valence-corrected chi connectivity index (χ2v) is 4.59. The second-order valence-electron chi connectivity index (χ2n) is 4.59. The van der Waals surface area contributed by atoms with E-state index in [1.807, 2.05) is 12.1 Å². The van der Waals surface area contributed by atoms with Crippen LogP contribution < -0.4 is 9.64 Å². The van der Waals surface area contributed by atoms with Crippen LogP contribution in [0.3, 0.4) is 0 Å². The molecule has 0 saturated carbocycles. The molecule has 3 heteroatoms. The van der Waals surface area contributed by atoms with Crippen molar-refractivity contribution >= 4 is 5.69 Å². The molecule has 1 aliphatic heterocycles. The van der Waals surface area contributed by atoms with Gasteiger partial charge in [-0.2, -0.15) is 5.26 Å². The lowest BCUT2D eigenvalue weighted by Crippen LogP contribution is -2.35. The van der Waals surface area contributed by atoms with Gasteiger partial charge < -0.3 is 9.64 Å². The van der Waals surface area contributed by atoms with Gasteiger partial charge in [0.05, 0.1) is 24.8 Å². The van der Waals surface area contributed by atoms with Gasteiger partial charge in [-0.25, -0.2) is 0 Å². The van der Waals surface area contributed by atoms with E-state index in [0.29, 0.717) is 0 Å². The van der Waals surface area contributed by atoms with Gasteiger partial charge in [-0.3, -0.25) is 0 Å². The van der Waals surface area contributed by atoms with E-state index in [9.17, 15) is 0 Å². The molecule has 1 heterocycles. The number of anilines is 1. The first-order valence-corrected chi connectivity index (χ1v) is 6.04. The van der Waals surface area contributed by atoms with Gasteiger partial charge in [0.2, 0.25) is 0 Å². The third-order valence-corrected chi connectivity index (χ3v) is 3.28. The number of nitriles is 1. The molecule has 0 amide bonds. The molecule has 0 aliphatic carbocycles. The molecule has 1 aliphatic rings. The van der Waals surface area contributed by atoms with Crippen molar-refractivity contribution in [1.29, 1.82) is 5.26 Å². The summed E-state index contributed by atoms with van der Waals surface area (Å²) < 4.78 is 5.40. The zero-order chi connectivity index (χ0) is 12.3. The number of ether oxygens (including phenoxy) is 1. The first-order chi connectivity index (χ1) is 8.24. The highest BCUT2D eigenvalue weighted by molar-refractivity contribution is 5.60. The molecule has 1 atom stereocenters. The quantitative estimate of drug-likeness (QED) is 0.783. The molecule has 3 nitrogen and oxygen atoms in total. The number of aryl methyl sites for hydroxylation is 1. The Bertz CT molecular complexity index is 436. The number of hydrogen-bond acceptors (Lipinski definition) is 3. The van der Waals surface area contributed by atoms with Crippen LogP contribution in [0.25, 0.3) is 0 Å². The maximum absolute atomic E-state index is 9.03. The van der Waals surface area contributed by atoms with E-state index < -0.39 is 0 Å². The lowest BCUT2D eigenvalue weighted by molar-refractivity contribution is 0.410. The SMILES string of the molecule is COc1ccc(C)cc1N1CCCC(C#N)C1. The zero-order valence-corrected chi connectivity index (χ0v) is 10.4. The van der Waals surface area contributed by atoms with Crippen LogP contribution in [-0.4, -0.2) is 20.2 Å². The van der Waals surface area contributed by atoms with Crippen LogP contribution in [0.1, 0.15) is 18.4 Å². The van der Waals surface area contributed by atoms with E-state index in [1.54, 1.807) is 7.11 Å². The summed E-state index contributed by atoms with van der Waals surface area (Å²) >= 11 is 0. The van der Waals surface area contributed by atoms with Crippen LogP contribution in [0.5, 0.6) is 5.75 Å². The van der Waals surface area contributed by atoms with Gasteiger partial charge >= 0.3 is 0 Å². The van der Waals surface area contributed by atoms with Crippen molar-refractivity contribution in [2.75, 3.05) is 25.1 Å². The molecule has 0 aromatic heterocycles. The molecule has 1 saturated heterocycles. The van der Waals surface area contributed by atoms with Crippen LogP contribution in [0.15, 0.2) is 18.2 Å². The molecule has 2 rings (SSSR count). The summed E-state index contributed by atoms with van der Waals surface area (Å²) in [5, 5.41) is 9.03. The first-order valence-electron chi connectivity index (χ1n) is 6.04. The minimum atomic E-state index is 0.147. The topological polar surface area (TPSA) is 36.3 Å². The fourth-order valence-corrected chi connectivity index (χ4v) is 2.35. The number of hydrogen-bond donors (Lipinski definition) is 0. The third-order valence-electron chi connectivity index (χ3n) is 3.28. The molecule has 1 aromatic rings. The Morgan fingerprint density at radius 2 is 2.29 bits per heavy atom. The van der Waals surface area contributed by atoms with Gasteiger partial charge in [-0.15, -0.1) is 0 Å². The lowest BCUT2D eigenvalue weighted by Gasteiger charge is -2.32. The summed E-state index contributed by atoms with van der Waals surface area (Å²) in [5.41, 5.74) is 2.34. The smallest absolute Gasteiger partial charge is 0.142 e. The second kappa shape index (κ2) is 5.09. The van der Waals surface area contributed by atoms with Crippen LogP contribution in [0.4, 0.5) is 5.69 Å². The summed E-state index contributed by atoms with van der Waals surface area (Å²) in [4.78, 5) is 2.27. The van der Waals surface area contributed by atoms with Crippen molar-refractivity contribution in [3.05, 3.63) is 23.8 Å². The number of benzene rings is 1. The molecule has 1 unspecified atom stereocenters. The minimum absolute atomic E-state index is 0.147. The van der Waals surface area contributed by atoms with Gasteiger partial charge in [-0.05, 0) is 37.5 Å². The van der Waals surface area contributed by atoms with E-state index in [-0.39, 0.29) is 5.92 Å². The van der Waals surface area contributed by atoms with Crippen molar-refractivity contribution < 1.29 is 4.74 Å². The maximum atomic E-state index is 9.03. The minimum Gasteiger partial charge on any atom is -0.495 e. The highest BCUT2D eigenvalue weighted by Gasteiger charge is 2.21. The Morgan fingerprint density at radius 3 is 3.00 bits per heavy atom. The predicted octanol–water partition coefficient (Wildman–Crippen LogP) is 2.74. The van der Waals surface area contributed by atoms with E-state index >= 15 is 0 Å². The highest BCUT2D eigenvalue weighted by Crippen LogP contribution is 2.32. The molecule has 17 heavy (non-hydrogen) atoms. The zero-order valence-electron chi connectivity index (χ0n) is 10.4. The van der Waals surface area contributed by atoms with Gasteiger partial charge in [0.25, 0.3) is 0 Å². The van der Waals surface area contributed by atoms with Crippen molar-refractivity contribution in [2.45, 2.75) is 19.8 Å². The predicted molar refractivity (Wildman–Crippen MR) is 68.3 cm³/mol. The number of nitrogens with zero attached hydrogens (tertiary/aromatic N) is 2. The maximum Gasteiger partial charge on any atom is 0.142 e. The molecule has 0 radical (unpaired) electrons. The fraction of sp³-hybridized carbons (Fsp3) is 0.500. The third kappa shape index (κ3) is 2.52. The Kier molecular flexibility index (Phi) is 3.53. The summed E-state index contributed by atoms with van der Waals surface area (Å²) in [7, 11) is 1.69. The summed E-state index contributed by atoms with van der Waals surface area (Å²) in [6.07, 6.45) is 2.09. The van der Waals surface area contributed by atoms with Gasteiger partial charge in [-0.1, -0.05) is 6.07 Å². The van der Waals surface area contributed by atoms with Gasteiger partial charge in [0, 0.05) is 13.1 Å². The monoisotopic (exact) mass is 230 g/mol. The summed E-state index contributed by atoms with van der Waals surface area (Å²) in [6, 6.07) is 8.56. The van der Waals surface area contributed by atoms with Crippen LogP contribution in [0.2, 0.25) is 0 Å². The largest absolute Gasteiger partial charge is 0.495 e. The van der Waals surface area contributed by atoms with Gasteiger partial charge in [0.15, 0.2) is 0 Å². The van der Waals surface area contributed by atoms with Crippen LogP contribution >= 0.6 is 0 Å². The van der Waals surface area contributed by atoms with E-state index in [0.717, 1.165) is 37.4 Å². The van der Waals surface area contributed by atoms with E-state index in [4.69, 9.17) is 10.00 Å². The number of rotatable bonds is 2. The van der Waals surface area contributed by atoms with Crippen molar-refractivity contribution in [1.82, 2.24) is 0 Å². The lowest BCUT2D eigenvalue weighted by atomic mass is 9.99. The normalized spacial score (nSPS) is 19.8. The molecule has 1 fully saturated rings. The molecule has 0 bridgehead atoms. The molecular weight excluding hydrogens is 212 g/mol. The molecular formula is C14H18N2O. The molecule has 90 valence electrons. The van der Waals surface area contributed by atoms with Crippen LogP contribution in [-0.2, 0) is 0 Å². The molecule has 0 spiro atoms. The van der Waals surface area contributed by atoms with Crippen molar-refractivity contribution in [3.8, 4) is 11.8 Å². The van der Waals surface area contributed by atoms with E-state index in [2.05, 4.69) is 24.0 Å². The standard InChI is InChI=1S/C14H18N2O/c1-11-5-6-14(17-2)13(8-11)16-7-3-4-12(9-15)10-16/h5-6,8,12H,3-4,7,10H2,1-2H3. The Balaban J connectivity index is 2.26.